The Bertz CT molecular complexity index is 876. The van der Waals surface area contributed by atoms with E-state index >= 15 is 0 Å². The molecule has 1 aliphatic rings. The summed E-state index contributed by atoms with van der Waals surface area (Å²) < 4.78 is 5.50. The molecule has 0 saturated carbocycles. The fraction of sp³-hybridized carbons (Fsp3) is 0.333. The normalized spacial score (nSPS) is 17.0. The molecule has 1 aliphatic heterocycles. The van der Waals surface area contributed by atoms with Gasteiger partial charge < -0.3 is 9.84 Å². The van der Waals surface area contributed by atoms with E-state index < -0.39 is 5.60 Å². The van der Waals surface area contributed by atoms with Gasteiger partial charge >= 0.3 is 0 Å². The highest BCUT2D eigenvalue weighted by molar-refractivity contribution is 7.13. The van der Waals surface area contributed by atoms with Crippen LogP contribution in [0.1, 0.15) is 24.0 Å². The highest BCUT2D eigenvalue weighted by Gasteiger charge is 2.34. The van der Waals surface area contributed by atoms with Crippen LogP contribution in [0.4, 0.5) is 0 Å². The number of nitrogens with zero attached hydrogens (tertiary/aromatic N) is 3. The van der Waals surface area contributed by atoms with Crippen LogP contribution in [0.15, 0.2) is 54.3 Å². The standard InChI is InChI=1S/C21H23N3O2S/c1-26-19-5-4-16(13-18(19)20-23-9-12-27-20)15-24-10-6-21(25,7-11-24)17-3-2-8-22-14-17/h2-5,8-9,12-14,25H,6-7,10-11,15H2,1H3. The van der Waals surface area contributed by atoms with Gasteiger partial charge in [0.25, 0.3) is 0 Å². The van der Waals surface area contributed by atoms with Crippen LogP contribution in [0.25, 0.3) is 10.6 Å². The first kappa shape index (κ1) is 18.1. The van der Waals surface area contributed by atoms with E-state index in [0.29, 0.717) is 12.8 Å². The molecular weight excluding hydrogens is 358 g/mol. The first-order valence-electron chi connectivity index (χ1n) is 9.10. The second kappa shape index (κ2) is 7.76. The van der Waals surface area contributed by atoms with Crippen molar-refractivity contribution in [1.82, 2.24) is 14.9 Å². The Morgan fingerprint density at radius 3 is 2.74 bits per heavy atom. The minimum atomic E-state index is -0.767. The molecule has 3 heterocycles. The van der Waals surface area contributed by atoms with Gasteiger partial charge in [0.2, 0.25) is 0 Å². The third-order valence-corrected chi connectivity index (χ3v) is 6.02. The molecule has 6 heteroatoms. The van der Waals surface area contributed by atoms with E-state index in [1.807, 2.05) is 29.8 Å². The van der Waals surface area contributed by atoms with E-state index in [2.05, 4.69) is 27.0 Å². The lowest BCUT2D eigenvalue weighted by atomic mass is 9.85. The van der Waals surface area contributed by atoms with Crippen molar-refractivity contribution >= 4 is 11.3 Å². The third-order valence-electron chi connectivity index (χ3n) is 5.21. The van der Waals surface area contributed by atoms with Gasteiger partial charge in [-0.25, -0.2) is 4.98 Å². The molecule has 2 aromatic heterocycles. The molecular formula is C21H23N3O2S. The molecule has 0 aliphatic carbocycles. The molecule has 1 N–H and O–H groups in total. The summed E-state index contributed by atoms with van der Waals surface area (Å²) >= 11 is 1.61. The minimum absolute atomic E-state index is 0.716. The zero-order valence-electron chi connectivity index (χ0n) is 15.3. The average Bonchev–Trinajstić information content (AvgIpc) is 3.25. The summed E-state index contributed by atoms with van der Waals surface area (Å²) in [5, 5.41) is 13.9. The highest BCUT2D eigenvalue weighted by atomic mass is 32.1. The molecule has 0 spiro atoms. The lowest BCUT2D eigenvalue weighted by Crippen LogP contribution is -2.42. The molecule has 0 radical (unpaired) electrons. The second-order valence-electron chi connectivity index (χ2n) is 6.92. The van der Waals surface area contributed by atoms with E-state index in [0.717, 1.165) is 41.5 Å². The molecule has 4 rings (SSSR count). The number of aliphatic hydroxyl groups is 1. The van der Waals surface area contributed by atoms with E-state index in [4.69, 9.17) is 4.74 Å². The van der Waals surface area contributed by atoms with Gasteiger partial charge in [0.15, 0.2) is 0 Å². The summed E-state index contributed by atoms with van der Waals surface area (Å²) in [6.45, 7) is 2.56. The molecule has 1 saturated heterocycles. The number of likely N-dealkylation sites (tertiary alicyclic amines) is 1. The zero-order valence-corrected chi connectivity index (χ0v) is 16.2. The number of benzene rings is 1. The predicted molar refractivity (Wildman–Crippen MR) is 107 cm³/mol. The fourth-order valence-corrected chi connectivity index (χ4v) is 4.30. The Hall–Kier alpha value is -2.28. The quantitative estimate of drug-likeness (QED) is 0.730. The number of methoxy groups -OCH3 is 1. The van der Waals surface area contributed by atoms with Crippen molar-refractivity contribution in [2.45, 2.75) is 25.0 Å². The van der Waals surface area contributed by atoms with Crippen LogP contribution in [0.2, 0.25) is 0 Å². The van der Waals surface area contributed by atoms with Crippen molar-refractivity contribution < 1.29 is 9.84 Å². The first-order valence-corrected chi connectivity index (χ1v) is 9.98. The Morgan fingerprint density at radius 1 is 1.22 bits per heavy atom. The summed E-state index contributed by atoms with van der Waals surface area (Å²) in [5.74, 6) is 0.846. The molecule has 3 aromatic rings. The maximum Gasteiger partial charge on any atom is 0.129 e. The number of ether oxygens (including phenoxy) is 1. The van der Waals surface area contributed by atoms with Gasteiger partial charge in [-0.15, -0.1) is 11.3 Å². The van der Waals surface area contributed by atoms with Crippen LogP contribution in [-0.2, 0) is 12.1 Å². The average molecular weight is 382 g/mol. The summed E-state index contributed by atoms with van der Waals surface area (Å²) in [6, 6.07) is 10.1. The lowest BCUT2D eigenvalue weighted by Gasteiger charge is -2.38. The van der Waals surface area contributed by atoms with Gasteiger partial charge in [-0.3, -0.25) is 9.88 Å². The van der Waals surface area contributed by atoms with Crippen molar-refractivity contribution in [2.24, 2.45) is 0 Å². The van der Waals surface area contributed by atoms with Crippen LogP contribution in [0.3, 0.4) is 0 Å². The molecule has 140 valence electrons. The van der Waals surface area contributed by atoms with Gasteiger partial charge in [0.1, 0.15) is 10.8 Å². The van der Waals surface area contributed by atoms with Crippen molar-refractivity contribution in [1.29, 1.82) is 0 Å². The number of hydrogen-bond donors (Lipinski definition) is 1. The Labute approximate surface area is 163 Å². The van der Waals surface area contributed by atoms with Gasteiger partial charge in [-0.1, -0.05) is 12.1 Å². The van der Waals surface area contributed by atoms with E-state index in [1.165, 1.54) is 5.56 Å². The van der Waals surface area contributed by atoms with Gasteiger partial charge in [0.05, 0.1) is 18.3 Å². The molecule has 0 bridgehead atoms. The van der Waals surface area contributed by atoms with Crippen LogP contribution >= 0.6 is 11.3 Å². The van der Waals surface area contributed by atoms with Gasteiger partial charge in [0, 0.05) is 49.2 Å². The summed E-state index contributed by atoms with van der Waals surface area (Å²) in [5.41, 5.74) is 2.42. The lowest BCUT2D eigenvalue weighted by molar-refractivity contribution is -0.0279. The molecule has 5 nitrogen and oxygen atoms in total. The Kier molecular flexibility index (Phi) is 5.20. The molecule has 0 atom stereocenters. The Balaban J connectivity index is 1.46. The summed E-state index contributed by atoms with van der Waals surface area (Å²) in [6.07, 6.45) is 6.77. The number of aromatic nitrogens is 2. The van der Waals surface area contributed by atoms with Gasteiger partial charge in [-0.05, 0) is 36.6 Å². The maximum atomic E-state index is 11.0. The predicted octanol–water partition coefficient (Wildman–Crippen LogP) is 3.70. The zero-order chi connectivity index (χ0) is 18.7. The van der Waals surface area contributed by atoms with E-state index in [9.17, 15) is 5.11 Å². The number of hydrogen-bond acceptors (Lipinski definition) is 6. The molecule has 0 amide bonds. The number of rotatable bonds is 5. The third kappa shape index (κ3) is 3.88. The molecule has 1 aromatic carbocycles. The highest BCUT2D eigenvalue weighted by Crippen LogP contribution is 2.35. The number of thiazole rings is 1. The molecule has 27 heavy (non-hydrogen) atoms. The molecule has 0 unspecified atom stereocenters. The topological polar surface area (TPSA) is 58.5 Å². The number of pyridine rings is 1. The van der Waals surface area contributed by atoms with Crippen molar-refractivity contribution in [3.8, 4) is 16.3 Å². The van der Waals surface area contributed by atoms with E-state index in [1.54, 1.807) is 30.8 Å². The maximum absolute atomic E-state index is 11.0. The first-order chi connectivity index (χ1) is 13.2. The second-order valence-corrected chi connectivity index (χ2v) is 7.82. The van der Waals surface area contributed by atoms with Crippen molar-refractivity contribution in [2.75, 3.05) is 20.2 Å². The van der Waals surface area contributed by atoms with Crippen molar-refractivity contribution in [3.63, 3.8) is 0 Å². The summed E-state index contributed by atoms with van der Waals surface area (Å²) in [7, 11) is 1.69. The SMILES string of the molecule is COc1ccc(CN2CCC(O)(c3cccnc3)CC2)cc1-c1nccs1. The van der Waals surface area contributed by atoms with Crippen LogP contribution < -0.4 is 4.74 Å². The Morgan fingerprint density at radius 2 is 2.07 bits per heavy atom. The largest absolute Gasteiger partial charge is 0.496 e. The monoisotopic (exact) mass is 381 g/mol. The van der Waals surface area contributed by atoms with Gasteiger partial charge in [-0.2, -0.15) is 0 Å². The van der Waals surface area contributed by atoms with E-state index in [-0.39, 0.29) is 0 Å². The summed E-state index contributed by atoms with van der Waals surface area (Å²) in [4.78, 5) is 11.0. The fourth-order valence-electron chi connectivity index (χ4n) is 3.64. The van der Waals surface area contributed by atoms with Crippen LogP contribution in [0, 0.1) is 0 Å². The minimum Gasteiger partial charge on any atom is -0.496 e. The van der Waals surface area contributed by atoms with Crippen LogP contribution in [-0.4, -0.2) is 40.2 Å². The van der Waals surface area contributed by atoms with Crippen molar-refractivity contribution in [3.05, 3.63) is 65.4 Å². The molecule has 1 fully saturated rings. The van der Waals surface area contributed by atoms with Crippen LogP contribution in [0.5, 0.6) is 5.75 Å². The smallest absolute Gasteiger partial charge is 0.129 e. The number of piperidine rings is 1.